The van der Waals surface area contributed by atoms with Crippen molar-refractivity contribution in [1.29, 1.82) is 0 Å². The summed E-state index contributed by atoms with van der Waals surface area (Å²) in [5, 5.41) is 0. The van der Waals surface area contributed by atoms with E-state index in [4.69, 9.17) is 6.42 Å². The van der Waals surface area contributed by atoms with Crippen molar-refractivity contribution in [2.24, 2.45) is 0 Å². The normalized spacial score (nSPS) is 9.50. The first-order chi connectivity index (χ1) is 5.70. The van der Waals surface area contributed by atoms with Gasteiger partial charge in [-0.15, -0.1) is 6.42 Å². The van der Waals surface area contributed by atoms with Crippen LogP contribution in [0, 0.1) is 12.3 Å². The largest absolute Gasteiger partial charge is 0.469 e. The van der Waals surface area contributed by atoms with E-state index in [-0.39, 0.29) is 5.97 Å². The highest BCUT2D eigenvalue weighted by atomic mass is 16.5. The fraction of sp³-hybridized carbons (Fsp3) is 0.667. The lowest BCUT2D eigenvalue weighted by Crippen LogP contribution is -2.20. The maximum atomic E-state index is 10.7. The number of rotatable bonds is 5. The standard InChI is InChI=1S/C9H15NO2/c1-4-7-10(2)8-5-6-9(11)12-3/h1H,5-8H2,2-3H3. The molecule has 0 saturated carbocycles. The smallest absolute Gasteiger partial charge is 0.305 e. The second kappa shape index (κ2) is 6.68. The molecule has 0 bridgehead atoms. The van der Waals surface area contributed by atoms with Crippen molar-refractivity contribution in [2.45, 2.75) is 12.8 Å². The molecule has 0 saturated heterocycles. The molecule has 3 heteroatoms. The summed E-state index contributed by atoms with van der Waals surface area (Å²) in [5.74, 6) is 2.37. The van der Waals surface area contributed by atoms with Gasteiger partial charge in [-0.25, -0.2) is 0 Å². The van der Waals surface area contributed by atoms with Crippen LogP contribution in [0.3, 0.4) is 0 Å². The van der Waals surface area contributed by atoms with Crippen LogP contribution in [0.15, 0.2) is 0 Å². The van der Waals surface area contributed by atoms with Crippen molar-refractivity contribution in [3.8, 4) is 12.3 Å². The van der Waals surface area contributed by atoms with Crippen LogP contribution in [0.5, 0.6) is 0 Å². The molecule has 12 heavy (non-hydrogen) atoms. The zero-order valence-corrected chi connectivity index (χ0v) is 7.67. The van der Waals surface area contributed by atoms with E-state index < -0.39 is 0 Å². The Balaban J connectivity index is 3.31. The number of carbonyl (C=O) groups is 1. The van der Waals surface area contributed by atoms with Crippen LogP contribution < -0.4 is 0 Å². The van der Waals surface area contributed by atoms with E-state index >= 15 is 0 Å². The van der Waals surface area contributed by atoms with Crippen molar-refractivity contribution in [3.63, 3.8) is 0 Å². The Bertz CT molecular complexity index is 172. The predicted molar refractivity (Wildman–Crippen MR) is 47.6 cm³/mol. The van der Waals surface area contributed by atoms with E-state index in [1.165, 1.54) is 7.11 Å². The average Bonchev–Trinajstić information content (AvgIpc) is 2.04. The molecule has 3 nitrogen and oxygen atoms in total. The van der Waals surface area contributed by atoms with Crippen LogP contribution in [0.4, 0.5) is 0 Å². The molecule has 0 radical (unpaired) electrons. The lowest BCUT2D eigenvalue weighted by molar-refractivity contribution is -0.140. The van der Waals surface area contributed by atoms with Crippen LogP contribution in [0.1, 0.15) is 12.8 Å². The third kappa shape index (κ3) is 5.75. The van der Waals surface area contributed by atoms with Crippen molar-refractivity contribution >= 4 is 5.97 Å². The molecular weight excluding hydrogens is 154 g/mol. The second-order valence-corrected chi connectivity index (χ2v) is 2.62. The van der Waals surface area contributed by atoms with Gasteiger partial charge in [-0.2, -0.15) is 0 Å². The van der Waals surface area contributed by atoms with Crippen LogP contribution in [0.25, 0.3) is 0 Å². The summed E-state index contributed by atoms with van der Waals surface area (Å²) in [6.45, 7) is 1.46. The molecule has 0 atom stereocenters. The molecule has 0 heterocycles. The van der Waals surface area contributed by atoms with Gasteiger partial charge in [-0.3, -0.25) is 9.69 Å². The number of hydrogen-bond donors (Lipinski definition) is 0. The molecule has 0 aromatic heterocycles. The summed E-state index contributed by atoms with van der Waals surface area (Å²) in [6.07, 6.45) is 6.36. The summed E-state index contributed by atoms with van der Waals surface area (Å²) in [4.78, 5) is 12.7. The minimum absolute atomic E-state index is 0.163. The number of terminal acetylenes is 1. The maximum absolute atomic E-state index is 10.7. The Kier molecular flexibility index (Phi) is 6.12. The Morgan fingerprint density at radius 3 is 2.83 bits per heavy atom. The van der Waals surface area contributed by atoms with Gasteiger partial charge in [0.1, 0.15) is 0 Å². The highest BCUT2D eigenvalue weighted by molar-refractivity contribution is 5.69. The summed E-state index contributed by atoms with van der Waals surface area (Å²) in [6, 6.07) is 0. The van der Waals surface area contributed by atoms with Gasteiger partial charge in [0.15, 0.2) is 0 Å². The molecule has 0 amide bonds. The van der Waals surface area contributed by atoms with Crippen LogP contribution in [-0.2, 0) is 9.53 Å². The lowest BCUT2D eigenvalue weighted by atomic mass is 10.3. The van der Waals surface area contributed by atoms with Gasteiger partial charge in [-0.1, -0.05) is 5.92 Å². The van der Waals surface area contributed by atoms with Gasteiger partial charge in [0.25, 0.3) is 0 Å². The first kappa shape index (κ1) is 11.0. The molecule has 0 aromatic carbocycles. The van der Waals surface area contributed by atoms with Crippen LogP contribution >= 0.6 is 0 Å². The summed E-state index contributed by atoms with van der Waals surface area (Å²) in [5.41, 5.74) is 0. The summed E-state index contributed by atoms with van der Waals surface area (Å²) < 4.78 is 4.49. The van der Waals surface area contributed by atoms with E-state index in [0.717, 1.165) is 13.0 Å². The number of hydrogen-bond acceptors (Lipinski definition) is 3. The zero-order chi connectivity index (χ0) is 9.40. The molecular formula is C9H15NO2. The molecule has 0 aliphatic rings. The Hall–Kier alpha value is -1.01. The van der Waals surface area contributed by atoms with Gasteiger partial charge < -0.3 is 4.74 Å². The first-order valence-corrected chi connectivity index (χ1v) is 3.89. The first-order valence-electron chi connectivity index (χ1n) is 3.89. The minimum atomic E-state index is -0.163. The van der Waals surface area contributed by atoms with Gasteiger partial charge in [0, 0.05) is 6.42 Å². The minimum Gasteiger partial charge on any atom is -0.469 e. The fourth-order valence-electron chi connectivity index (χ4n) is 0.830. The molecule has 68 valence electrons. The number of esters is 1. The monoisotopic (exact) mass is 169 g/mol. The predicted octanol–water partition coefficient (Wildman–Crippen LogP) is 0.505. The molecule has 0 aliphatic carbocycles. The van der Waals surface area contributed by atoms with Crippen molar-refractivity contribution in [3.05, 3.63) is 0 Å². The van der Waals surface area contributed by atoms with Crippen molar-refractivity contribution in [2.75, 3.05) is 27.2 Å². The maximum Gasteiger partial charge on any atom is 0.305 e. The van der Waals surface area contributed by atoms with Crippen LogP contribution in [-0.4, -0.2) is 38.1 Å². The van der Waals surface area contributed by atoms with E-state index in [1.807, 2.05) is 11.9 Å². The third-order valence-corrected chi connectivity index (χ3v) is 1.51. The van der Waals surface area contributed by atoms with Crippen LogP contribution in [0.2, 0.25) is 0 Å². The lowest BCUT2D eigenvalue weighted by Gasteiger charge is -2.11. The molecule has 0 unspecified atom stereocenters. The molecule has 0 spiro atoms. The molecule has 0 fully saturated rings. The van der Waals surface area contributed by atoms with Gasteiger partial charge in [-0.05, 0) is 20.0 Å². The summed E-state index contributed by atoms with van der Waals surface area (Å²) in [7, 11) is 3.32. The number of ether oxygens (including phenoxy) is 1. The third-order valence-electron chi connectivity index (χ3n) is 1.51. The number of nitrogens with zero attached hydrogens (tertiary/aromatic N) is 1. The van der Waals surface area contributed by atoms with E-state index in [0.29, 0.717) is 13.0 Å². The summed E-state index contributed by atoms with van der Waals surface area (Å²) >= 11 is 0. The Labute approximate surface area is 73.7 Å². The Morgan fingerprint density at radius 2 is 2.33 bits per heavy atom. The van der Waals surface area contributed by atoms with Gasteiger partial charge >= 0.3 is 5.97 Å². The molecule has 0 rings (SSSR count). The SMILES string of the molecule is C#CCN(C)CCCC(=O)OC. The van der Waals surface area contributed by atoms with E-state index in [1.54, 1.807) is 0 Å². The highest BCUT2D eigenvalue weighted by Crippen LogP contribution is 1.93. The van der Waals surface area contributed by atoms with E-state index in [9.17, 15) is 4.79 Å². The van der Waals surface area contributed by atoms with Gasteiger partial charge in [0.2, 0.25) is 0 Å². The van der Waals surface area contributed by atoms with Gasteiger partial charge in [0.05, 0.1) is 13.7 Å². The molecule has 0 N–H and O–H groups in total. The van der Waals surface area contributed by atoms with E-state index in [2.05, 4.69) is 10.7 Å². The highest BCUT2D eigenvalue weighted by Gasteiger charge is 2.00. The molecule has 0 aromatic rings. The Morgan fingerprint density at radius 1 is 1.67 bits per heavy atom. The van der Waals surface area contributed by atoms with Crippen molar-refractivity contribution < 1.29 is 9.53 Å². The zero-order valence-electron chi connectivity index (χ0n) is 7.67. The number of carbonyl (C=O) groups excluding carboxylic acids is 1. The topological polar surface area (TPSA) is 29.5 Å². The quantitative estimate of drug-likeness (QED) is 0.443. The molecule has 0 aliphatic heterocycles. The average molecular weight is 169 g/mol. The fourth-order valence-corrected chi connectivity index (χ4v) is 0.830. The second-order valence-electron chi connectivity index (χ2n) is 2.62. The number of methoxy groups -OCH3 is 1. The van der Waals surface area contributed by atoms with Crippen molar-refractivity contribution in [1.82, 2.24) is 4.90 Å².